The van der Waals surface area contributed by atoms with E-state index in [-0.39, 0.29) is 11.7 Å². The topological polar surface area (TPSA) is 66.7 Å². The SMILES string of the molecule is CC(Nc1ccc(C(F)(F)F)cc1N)c1cn[nH]c1. The van der Waals surface area contributed by atoms with Crippen molar-refractivity contribution in [3.63, 3.8) is 0 Å². The van der Waals surface area contributed by atoms with Gasteiger partial charge < -0.3 is 11.1 Å². The van der Waals surface area contributed by atoms with E-state index in [1.54, 1.807) is 12.4 Å². The zero-order valence-electron chi connectivity index (χ0n) is 10.1. The third-order valence-electron chi connectivity index (χ3n) is 2.77. The van der Waals surface area contributed by atoms with E-state index in [0.717, 1.165) is 17.7 Å². The van der Waals surface area contributed by atoms with Gasteiger partial charge in [-0.25, -0.2) is 0 Å². The number of halogens is 3. The Morgan fingerprint density at radius 3 is 2.63 bits per heavy atom. The maximum atomic E-state index is 12.5. The van der Waals surface area contributed by atoms with Gasteiger partial charge in [0.1, 0.15) is 0 Å². The molecule has 1 unspecified atom stereocenters. The first-order chi connectivity index (χ1) is 8.88. The van der Waals surface area contributed by atoms with Gasteiger partial charge in [0.2, 0.25) is 0 Å². The molecular weight excluding hydrogens is 257 g/mol. The van der Waals surface area contributed by atoms with Crippen LogP contribution in [0, 0.1) is 0 Å². The lowest BCUT2D eigenvalue weighted by Gasteiger charge is -2.16. The van der Waals surface area contributed by atoms with Gasteiger partial charge in [-0.3, -0.25) is 5.10 Å². The molecular formula is C12H13F3N4. The van der Waals surface area contributed by atoms with E-state index < -0.39 is 11.7 Å². The van der Waals surface area contributed by atoms with Crippen LogP contribution in [0.4, 0.5) is 24.5 Å². The number of hydrogen-bond acceptors (Lipinski definition) is 3. The second-order valence-electron chi connectivity index (χ2n) is 4.20. The molecule has 1 aromatic carbocycles. The summed E-state index contributed by atoms with van der Waals surface area (Å²) in [6, 6.07) is 3.14. The number of benzene rings is 1. The fourth-order valence-electron chi connectivity index (χ4n) is 1.68. The summed E-state index contributed by atoms with van der Waals surface area (Å²) in [4.78, 5) is 0. The number of nitrogens with zero attached hydrogens (tertiary/aromatic N) is 1. The molecule has 2 aromatic rings. The Labute approximate surface area is 107 Å². The van der Waals surface area contributed by atoms with Crippen LogP contribution < -0.4 is 11.1 Å². The summed E-state index contributed by atoms with van der Waals surface area (Å²) >= 11 is 0. The highest BCUT2D eigenvalue weighted by molar-refractivity contribution is 5.67. The summed E-state index contributed by atoms with van der Waals surface area (Å²) in [6.45, 7) is 1.86. The predicted molar refractivity (Wildman–Crippen MR) is 66.5 cm³/mol. The highest BCUT2D eigenvalue weighted by Crippen LogP contribution is 2.33. The van der Waals surface area contributed by atoms with E-state index in [1.807, 2.05) is 6.92 Å². The molecule has 0 amide bonds. The number of anilines is 2. The average Bonchev–Trinajstić information content (AvgIpc) is 2.84. The monoisotopic (exact) mass is 270 g/mol. The lowest BCUT2D eigenvalue weighted by atomic mass is 10.1. The lowest BCUT2D eigenvalue weighted by Crippen LogP contribution is -2.10. The number of nitrogens with two attached hydrogens (primary N) is 1. The van der Waals surface area contributed by atoms with Crippen molar-refractivity contribution in [2.45, 2.75) is 19.1 Å². The summed E-state index contributed by atoms with van der Waals surface area (Å²) in [6.07, 6.45) is -1.04. The second kappa shape index (κ2) is 4.83. The van der Waals surface area contributed by atoms with Crippen LogP contribution in [-0.2, 0) is 6.18 Å². The summed E-state index contributed by atoms with van der Waals surface area (Å²) < 4.78 is 37.5. The van der Waals surface area contributed by atoms with Gasteiger partial charge in [0.05, 0.1) is 29.2 Å². The molecule has 1 atom stereocenters. The first kappa shape index (κ1) is 13.3. The smallest absolute Gasteiger partial charge is 0.397 e. The Morgan fingerprint density at radius 2 is 2.11 bits per heavy atom. The molecule has 4 nitrogen and oxygen atoms in total. The Bertz CT molecular complexity index is 549. The van der Waals surface area contributed by atoms with Crippen molar-refractivity contribution in [2.75, 3.05) is 11.1 Å². The van der Waals surface area contributed by atoms with Crippen molar-refractivity contribution in [1.29, 1.82) is 0 Å². The number of aromatic amines is 1. The largest absolute Gasteiger partial charge is 0.416 e. The normalized spacial score (nSPS) is 13.3. The number of alkyl halides is 3. The van der Waals surface area contributed by atoms with Crippen molar-refractivity contribution in [1.82, 2.24) is 10.2 Å². The molecule has 0 saturated carbocycles. The molecule has 0 saturated heterocycles. The molecule has 102 valence electrons. The van der Waals surface area contributed by atoms with E-state index in [2.05, 4.69) is 15.5 Å². The lowest BCUT2D eigenvalue weighted by molar-refractivity contribution is -0.137. The minimum atomic E-state index is -4.39. The van der Waals surface area contributed by atoms with Crippen molar-refractivity contribution in [3.05, 3.63) is 41.7 Å². The van der Waals surface area contributed by atoms with Gasteiger partial charge in [-0.05, 0) is 25.1 Å². The highest BCUT2D eigenvalue weighted by Gasteiger charge is 2.30. The minimum absolute atomic E-state index is 0.0603. The summed E-state index contributed by atoms with van der Waals surface area (Å²) in [7, 11) is 0. The Kier molecular flexibility index (Phi) is 3.37. The van der Waals surface area contributed by atoms with Crippen LogP contribution in [-0.4, -0.2) is 10.2 Å². The number of hydrogen-bond donors (Lipinski definition) is 3. The van der Waals surface area contributed by atoms with Crippen molar-refractivity contribution in [3.8, 4) is 0 Å². The Hall–Kier alpha value is -2.18. The molecule has 1 aromatic heterocycles. The number of nitrogens with one attached hydrogen (secondary N) is 2. The Morgan fingerprint density at radius 1 is 1.37 bits per heavy atom. The van der Waals surface area contributed by atoms with Gasteiger partial charge in [0.15, 0.2) is 0 Å². The van der Waals surface area contributed by atoms with E-state index in [1.165, 1.54) is 6.07 Å². The molecule has 0 aliphatic carbocycles. The zero-order chi connectivity index (χ0) is 14.0. The van der Waals surface area contributed by atoms with Crippen LogP contribution in [0.1, 0.15) is 24.1 Å². The molecule has 0 spiro atoms. The molecule has 0 bridgehead atoms. The van der Waals surface area contributed by atoms with E-state index in [0.29, 0.717) is 5.69 Å². The van der Waals surface area contributed by atoms with Gasteiger partial charge in [0, 0.05) is 11.8 Å². The quantitative estimate of drug-likeness (QED) is 0.750. The zero-order valence-corrected chi connectivity index (χ0v) is 10.1. The fraction of sp³-hybridized carbons (Fsp3) is 0.250. The number of aromatic nitrogens is 2. The van der Waals surface area contributed by atoms with Gasteiger partial charge in [0.25, 0.3) is 0 Å². The number of nitrogen functional groups attached to an aromatic ring is 1. The fourth-order valence-corrected chi connectivity index (χ4v) is 1.68. The summed E-state index contributed by atoms with van der Waals surface area (Å²) in [5, 5.41) is 9.52. The highest BCUT2D eigenvalue weighted by atomic mass is 19.4. The van der Waals surface area contributed by atoms with E-state index >= 15 is 0 Å². The molecule has 1 heterocycles. The first-order valence-corrected chi connectivity index (χ1v) is 5.60. The van der Waals surface area contributed by atoms with Crippen molar-refractivity contribution < 1.29 is 13.2 Å². The molecule has 0 radical (unpaired) electrons. The standard InChI is InChI=1S/C12H13F3N4/c1-7(8-5-17-18-6-8)19-11-3-2-9(4-10(11)16)12(13,14)15/h2-7,19H,16H2,1H3,(H,17,18). The minimum Gasteiger partial charge on any atom is -0.397 e. The molecule has 0 fully saturated rings. The van der Waals surface area contributed by atoms with Crippen molar-refractivity contribution in [2.24, 2.45) is 0 Å². The Balaban J connectivity index is 2.18. The maximum Gasteiger partial charge on any atom is 0.416 e. The second-order valence-corrected chi connectivity index (χ2v) is 4.20. The maximum absolute atomic E-state index is 12.5. The first-order valence-electron chi connectivity index (χ1n) is 5.60. The molecule has 19 heavy (non-hydrogen) atoms. The van der Waals surface area contributed by atoms with E-state index in [9.17, 15) is 13.2 Å². The summed E-state index contributed by atoms with van der Waals surface area (Å²) in [5.41, 5.74) is 6.28. The van der Waals surface area contributed by atoms with Gasteiger partial charge in [-0.15, -0.1) is 0 Å². The van der Waals surface area contributed by atoms with Crippen LogP contribution >= 0.6 is 0 Å². The van der Waals surface area contributed by atoms with Crippen LogP contribution in [0.3, 0.4) is 0 Å². The molecule has 2 rings (SSSR count). The summed E-state index contributed by atoms with van der Waals surface area (Å²) in [5.74, 6) is 0. The third-order valence-corrected chi connectivity index (χ3v) is 2.77. The van der Waals surface area contributed by atoms with Gasteiger partial charge >= 0.3 is 6.18 Å². The molecule has 7 heteroatoms. The van der Waals surface area contributed by atoms with Crippen LogP contribution in [0.25, 0.3) is 0 Å². The molecule has 0 aliphatic rings. The van der Waals surface area contributed by atoms with Crippen LogP contribution in [0.15, 0.2) is 30.6 Å². The number of H-pyrrole nitrogens is 1. The van der Waals surface area contributed by atoms with Gasteiger partial charge in [-0.2, -0.15) is 18.3 Å². The van der Waals surface area contributed by atoms with Gasteiger partial charge in [-0.1, -0.05) is 0 Å². The molecule has 4 N–H and O–H groups in total. The third kappa shape index (κ3) is 2.98. The number of rotatable bonds is 3. The van der Waals surface area contributed by atoms with Crippen LogP contribution in [0.5, 0.6) is 0 Å². The van der Waals surface area contributed by atoms with Crippen LogP contribution in [0.2, 0.25) is 0 Å². The van der Waals surface area contributed by atoms with E-state index in [4.69, 9.17) is 5.73 Å². The average molecular weight is 270 g/mol. The molecule has 0 aliphatic heterocycles. The predicted octanol–water partition coefficient (Wildman–Crippen LogP) is 3.18. The van der Waals surface area contributed by atoms with Crippen molar-refractivity contribution >= 4 is 11.4 Å².